The molecule has 20 heavy (non-hydrogen) atoms. The summed E-state index contributed by atoms with van der Waals surface area (Å²) in [6.45, 7) is 3.52. The molecule has 2 rings (SSSR count). The van der Waals surface area contributed by atoms with E-state index in [9.17, 15) is 22.4 Å². The lowest BCUT2D eigenvalue weighted by atomic mass is 9.61. The highest BCUT2D eigenvalue weighted by Gasteiger charge is 2.54. The lowest BCUT2D eigenvalue weighted by Gasteiger charge is -2.46. The molecule has 6 heteroatoms. The van der Waals surface area contributed by atoms with Gasteiger partial charge < -0.3 is 4.74 Å². The normalized spacial score (nSPS) is 20.7. The van der Waals surface area contributed by atoms with E-state index in [4.69, 9.17) is 4.74 Å². The van der Waals surface area contributed by atoms with Gasteiger partial charge in [0.05, 0.1) is 5.41 Å². The van der Waals surface area contributed by atoms with Gasteiger partial charge in [-0.05, 0) is 12.8 Å². The Morgan fingerprint density at radius 1 is 1.15 bits per heavy atom. The third kappa shape index (κ3) is 1.98. The molecule has 1 unspecified atom stereocenters. The van der Waals surface area contributed by atoms with Crippen LogP contribution in [0.15, 0.2) is 6.07 Å². The minimum absolute atomic E-state index is 0.0152. The van der Waals surface area contributed by atoms with Crippen molar-refractivity contribution in [2.24, 2.45) is 5.41 Å². The second-order valence-electron chi connectivity index (χ2n) is 4.89. The first-order chi connectivity index (χ1) is 9.37. The number of hydrogen-bond acceptors (Lipinski definition) is 2. The van der Waals surface area contributed by atoms with Crippen molar-refractivity contribution in [2.75, 3.05) is 0 Å². The maximum Gasteiger partial charge on any atom is 0.203 e. The third-order valence-corrected chi connectivity index (χ3v) is 4.14. The molecule has 1 saturated carbocycles. The smallest absolute Gasteiger partial charge is 0.203 e. The molecule has 1 aliphatic rings. The van der Waals surface area contributed by atoms with Gasteiger partial charge in [-0.2, -0.15) is 8.78 Å². The van der Waals surface area contributed by atoms with Crippen LogP contribution in [0.25, 0.3) is 0 Å². The Kier molecular flexibility index (Phi) is 3.75. The monoisotopic (exact) mass is 290 g/mol. The Balaban J connectivity index is 2.35. The van der Waals surface area contributed by atoms with Crippen LogP contribution in [0.1, 0.15) is 33.1 Å². The Hall–Kier alpha value is -1.59. The summed E-state index contributed by atoms with van der Waals surface area (Å²) in [4.78, 5) is 11.7. The molecule has 1 fully saturated rings. The minimum Gasteiger partial charge on any atom is -0.483 e. The maximum absolute atomic E-state index is 13.5. The van der Waals surface area contributed by atoms with Crippen LogP contribution in [0.2, 0.25) is 0 Å². The highest BCUT2D eigenvalue weighted by Crippen LogP contribution is 2.46. The fourth-order valence-electron chi connectivity index (χ4n) is 2.67. The summed E-state index contributed by atoms with van der Waals surface area (Å²) in [6.07, 6.45) is 0.0935. The SMILES string of the molecule is CCC1(CC)C(=O)CC1Oc1c(F)c(F)cc(F)c1F. The Morgan fingerprint density at radius 2 is 1.65 bits per heavy atom. The van der Waals surface area contributed by atoms with Gasteiger partial charge in [0, 0.05) is 12.5 Å². The molecule has 0 aromatic heterocycles. The van der Waals surface area contributed by atoms with Crippen molar-refractivity contribution in [3.63, 3.8) is 0 Å². The average molecular weight is 290 g/mol. The van der Waals surface area contributed by atoms with E-state index in [1.54, 1.807) is 13.8 Å². The van der Waals surface area contributed by atoms with Gasteiger partial charge in [0.25, 0.3) is 0 Å². The molecule has 110 valence electrons. The van der Waals surface area contributed by atoms with Crippen LogP contribution >= 0.6 is 0 Å². The van der Waals surface area contributed by atoms with E-state index >= 15 is 0 Å². The van der Waals surface area contributed by atoms with Crippen LogP contribution in [-0.2, 0) is 4.79 Å². The number of carbonyl (C=O) groups excluding carboxylic acids is 1. The molecule has 2 nitrogen and oxygen atoms in total. The minimum atomic E-state index is -1.58. The first kappa shape index (κ1) is 14.8. The van der Waals surface area contributed by atoms with E-state index < -0.39 is 40.5 Å². The van der Waals surface area contributed by atoms with Gasteiger partial charge in [-0.15, -0.1) is 0 Å². The van der Waals surface area contributed by atoms with Gasteiger partial charge >= 0.3 is 0 Å². The van der Waals surface area contributed by atoms with Crippen LogP contribution < -0.4 is 4.74 Å². The third-order valence-electron chi connectivity index (χ3n) is 4.14. The lowest BCUT2D eigenvalue weighted by molar-refractivity contribution is -0.153. The molecule has 1 aromatic carbocycles. The molecule has 0 spiro atoms. The van der Waals surface area contributed by atoms with E-state index in [-0.39, 0.29) is 18.3 Å². The van der Waals surface area contributed by atoms with Crippen LogP contribution in [-0.4, -0.2) is 11.9 Å². The summed E-state index contributed by atoms with van der Waals surface area (Å²) >= 11 is 0. The van der Waals surface area contributed by atoms with Gasteiger partial charge in [0.1, 0.15) is 11.9 Å². The predicted octanol–water partition coefficient (Wildman–Crippen LogP) is 3.77. The molecule has 0 radical (unpaired) electrons. The molecular formula is C14H14F4O2. The van der Waals surface area contributed by atoms with E-state index in [0.717, 1.165) is 0 Å². The van der Waals surface area contributed by atoms with Gasteiger partial charge in [-0.3, -0.25) is 4.79 Å². The van der Waals surface area contributed by atoms with Crippen molar-refractivity contribution in [2.45, 2.75) is 39.2 Å². The topological polar surface area (TPSA) is 26.3 Å². The molecular weight excluding hydrogens is 276 g/mol. The average Bonchev–Trinajstić information content (AvgIpc) is 2.41. The maximum atomic E-state index is 13.5. The lowest BCUT2D eigenvalue weighted by Crippen LogP contribution is -2.56. The van der Waals surface area contributed by atoms with E-state index in [2.05, 4.69) is 0 Å². The fraction of sp³-hybridized carbons (Fsp3) is 0.500. The fourth-order valence-corrected chi connectivity index (χ4v) is 2.67. The van der Waals surface area contributed by atoms with E-state index in [1.165, 1.54) is 0 Å². The van der Waals surface area contributed by atoms with Crippen molar-refractivity contribution in [3.05, 3.63) is 29.3 Å². The van der Waals surface area contributed by atoms with E-state index in [0.29, 0.717) is 12.8 Å². The number of ether oxygens (including phenoxy) is 1. The Bertz CT molecular complexity index is 526. The second-order valence-corrected chi connectivity index (χ2v) is 4.89. The van der Waals surface area contributed by atoms with Crippen molar-refractivity contribution in [1.29, 1.82) is 0 Å². The first-order valence-corrected chi connectivity index (χ1v) is 6.40. The molecule has 0 bridgehead atoms. The molecule has 0 heterocycles. The summed E-state index contributed by atoms with van der Waals surface area (Å²) in [6, 6.07) is 0.121. The molecule has 0 aliphatic heterocycles. The Labute approximate surface area is 113 Å². The molecule has 0 N–H and O–H groups in total. The largest absolute Gasteiger partial charge is 0.483 e. The van der Waals surface area contributed by atoms with Gasteiger partial charge in [0.15, 0.2) is 17.4 Å². The standard InChI is InChI=1S/C14H14F4O2/c1-3-14(4-2)9(19)6-10(14)20-13-11(17)7(15)5-8(16)12(13)18/h5,10H,3-4,6H2,1-2H3. The van der Waals surface area contributed by atoms with E-state index in [1.807, 2.05) is 0 Å². The zero-order valence-corrected chi connectivity index (χ0v) is 11.1. The number of hydrogen-bond donors (Lipinski definition) is 0. The second kappa shape index (κ2) is 5.07. The van der Waals surface area contributed by atoms with Gasteiger partial charge in [0.2, 0.25) is 11.6 Å². The number of rotatable bonds is 4. The summed E-state index contributed by atoms with van der Waals surface area (Å²) in [5, 5.41) is 0. The van der Waals surface area contributed by atoms with Crippen LogP contribution in [0.5, 0.6) is 5.75 Å². The zero-order valence-electron chi connectivity index (χ0n) is 11.1. The summed E-state index contributed by atoms with van der Waals surface area (Å²) in [5.74, 6) is -7.36. The molecule has 0 amide bonds. The van der Waals surface area contributed by atoms with Crippen LogP contribution in [0, 0.1) is 28.7 Å². The van der Waals surface area contributed by atoms with Crippen LogP contribution in [0.3, 0.4) is 0 Å². The van der Waals surface area contributed by atoms with Crippen molar-refractivity contribution in [1.82, 2.24) is 0 Å². The summed E-state index contributed by atoms with van der Waals surface area (Å²) in [5.41, 5.74) is -0.832. The molecule has 1 aliphatic carbocycles. The highest BCUT2D eigenvalue weighted by molar-refractivity contribution is 5.92. The highest BCUT2D eigenvalue weighted by atomic mass is 19.2. The van der Waals surface area contributed by atoms with Crippen LogP contribution in [0.4, 0.5) is 17.6 Å². The number of benzene rings is 1. The molecule has 1 aromatic rings. The predicted molar refractivity (Wildman–Crippen MR) is 63.3 cm³/mol. The molecule has 0 saturated heterocycles. The van der Waals surface area contributed by atoms with Gasteiger partial charge in [-0.25, -0.2) is 8.78 Å². The van der Waals surface area contributed by atoms with Crippen molar-refractivity contribution < 1.29 is 27.1 Å². The summed E-state index contributed by atoms with van der Waals surface area (Å²) in [7, 11) is 0. The number of carbonyl (C=O) groups is 1. The van der Waals surface area contributed by atoms with Gasteiger partial charge in [-0.1, -0.05) is 13.8 Å². The van der Waals surface area contributed by atoms with Crippen molar-refractivity contribution >= 4 is 5.78 Å². The number of ketones is 1. The molecule has 1 atom stereocenters. The number of Topliss-reactive ketones (excluding diaryl/α,β-unsaturated/α-hetero) is 1. The first-order valence-electron chi connectivity index (χ1n) is 6.40. The summed E-state index contributed by atoms with van der Waals surface area (Å²) < 4.78 is 58.3. The quantitative estimate of drug-likeness (QED) is 0.623. The zero-order chi connectivity index (χ0) is 15.1. The van der Waals surface area contributed by atoms with Crippen molar-refractivity contribution in [3.8, 4) is 5.75 Å². The Morgan fingerprint density at radius 3 is 2.05 bits per heavy atom. The number of halogens is 4.